The molecule has 1 aliphatic rings. The van der Waals surface area contributed by atoms with Gasteiger partial charge in [0.15, 0.2) is 6.61 Å². The van der Waals surface area contributed by atoms with E-state index in [0.29, 0.717) is 0 Å². The topological polar surface area (TPSA) is 145 Å². The Morgan fingerprint density at radius 2 is 1.60 bits per heavy atom. The smallest absolute Gasteiger partial charge is 0.308 e. The quantitative estimate of drug-likeness (QED) is 0.124. The minimum Gasteiger partial charge on any atom is -0.497 e. The van der Waals surface area contributed by atoms with Gasteiger partial charge in [-0.3, -0.25) is 34.2 Å². The second-order valence-electron chi connectivity index (χ2n) is 6.87. The van der Waals surface area contributed by atoms with Crippen LogP contribution in [0.5, 0.6) is 5.75 Å². The van der Waals surface area contributed by atoms with Crippen molar-refractivity contribution < 1.29 is 33.6 Å². The van der Waals surface area contributed by atoms with Crippen LogP contribution in [0.2, 0.25) is 20.1 Å². The maximum atomic E-state index is 12.6. The summed E-state index contributed by atoms with van der Waals surface area (Å²) >= 11 is 24.0. The molecule has 0 aliphatic carbocycles. The first-order valence-corrected chi connectivity index (χ1v) is 11.0. The number of imide groups is 1. The highest BCUT2D eigenvalue weighted by atomic mass is 35.5. The van der Waals surface area contributed by atoms with Crippen molar-refractivity contribution in [2.24, 2.45) is 0 Å². The average molecular weight is 565 g/mol. The first-order chi connectivity index (χ1) is 16.5. The van der Waals surface area contributed by atoms with Crippen LogP contribution in [0.3, 0.4) is 0 Å². The van der Waals surface area contributed by atoms with Gasteiger partial charge in [-0.1, -0.05) is 46.4 Å². The van der Waals surface area contributed by atoms with E-state index in [-0.39, 0.29) is 42.7 Å². The molecule has 3 rings (SSSR count). The molecule has 11 nitrogen and oxygen atoms in total. The van der Waals surface area contributed by atoms with Gasteiger partial charge in [0.25, 0.3) is 23.4 Å². The second-order valence-corrected chi connectivity index (χ2v) is 8.38. The van der Waals surface area contributed by atoms with E-state index in [9.17, 15) is 29.3 Å². The SMILES string of the molecule is COc1ccc([N+](=O)[O-])c(NC(=O)COC(=O)CCN2C(=O)c3c(Cl)c(Cl)c(Cl)c(Cl)c3C2=O)c1. The Labute approximate surface area is 216 Å². The predicted molar refractivity (Wildman–Crippen MR) is 126 cm³/mol. The Hall–Kier alpha value is -3.12. The number of fused-ring (bicyclic) bond motifs is 1. The minimum absolute atomic E-state index is 0.160. The van der Waals surface area contributed by atoms with Crippen molar-refractivity contribution in [1.82, 2.24) is 4.90 Å². The molecule has 0 atom stereocenters. The fourth-order valence-electron chi connectivity index (χ4n) is 3.11. The van der Waals surface area contributed by atoms with Crippen molar-refractivity contribution in [3.8, 4) is 5.75 Å². The third-order valence-corrected chi connectivity index (χ3v) is 6.57. The number of halogens is 4. The fourth-order valence-corrected chi connectivity index (χ4v) is 4.12. The zero-order valence-corrected chi connectivity index (χ0v) is 20.5. The fraction of sp³-hybridized carbons (Fsp3) is 0.200. The van der Waals surface area contributed by atoms with Gasteiger partial charge in [0.05, 0.1) is 49.7 Å². The van der Waals surface area contributed by atoms with E-state index in [1.807, 2.05) is 0 Å². The summed E-state index contributed by atoms with van der Waals surface area (Å²) in [5.74, 6) is -3.19. The average Bonchev–Trinajstić information content (AvgIpc) is 3.07. The first kappa shape index (κ1) is 26.5. The van der Waals surface area contributed by atoms with E-state index in [1.165, 1.54) is 19.2 Å². The number of carbonyl (C=O) groups is 4. The van der Waals surface area contributed by atoms with Gasteiger partial charge in [0.1, 0.15) is 11.4 Å². The van der Waals surface area contributed by atoms with Crippen molar-refractivity contribution in [1.29, 1.82) is 0 Å². The molecule has 0 saturated heterocycles. The van der Waals surface area contributed by atoms with Crippen LogP contribution < -0.4 is 10.1 Å². The number of methoxy groups -OCH3 is 1. The summed E-state index contributed by atoms with van der Waals surface area (Å²) in [6.45, 7) is -1.19. The summed E-state index contributed by atoms with van der Waals surface area (Å²) in [7, 11) is 1.34. The number of amides is 3. The Morgan fingerprint density at radius 1 is 1.03 bits per heavy atom. The van der Waals surface area contributed by atoms with E-state index in [1.54, 1.807) is 0 Å². The van der Waals surface area contributed by atoms with Crippen LogP contribution in [0.25, 0.3) is 0 Å². The molecule has 0 aromatic heterocycles. The van der Waals surface area contributed by atoms with Crippen molar-refractivity contribution in [3.63, 3.8) is 0 Å². The summed E-state index contributed by atoms with van der Waals surface area (Å²) in [4.78, 5) is 60.6. The van der Waals surface area contributed by atoms with Crippen LogP contribution in [0.4, 0.5) is 11.4 Å². The van der Waals surface area contributed by atoms with E-state index in [4.69, 9.17) is 55.9 Å². The van der Waals surface area contributed by atoms with Gasteiger partial charge in [0.2, 0.25) is 0 Å². The molecule has 2 aromatic carbocycles. The van der Waals surface area contributed by atoms with E-state index >= 15 is 0 Å². The van der Waals surface area contributed by atoms with E-state index in [2.05, 4.69) is 5.32 Å². The number of benzene rings is 2. The molecule has 35 heavy (non-hydrogen) atoms. The third-order valence-electron chi connectivity index (χ3n) is 4.76. The Balaban J connectivity index is 1.60. The number of carbonyl (C=O) groups excluding carboxylic acids is 4. The van der Waals surface area contributed by atoms with Gasteiger partial charge in [-0.25, -0.2) is 0 Å². The van der Waals surface area contributed by atoms with Crippen molar-refractivity contribution in [2.75, 3.05) is 25.6 Å². The normalized spacial score (nSPS) is 12.4. The number of hydrogen-bond acceptors (Lipinski definition) is 8. The second kappa shape index (κ2) is 10.6. The molecule has 0 unspecified atom stereocenters. The summed E-state index contributed by atoms with van der Waals surface area (Å²) in [5.41, 5.74) is -1.02. The molecule has 1 N–H and O–H groups in total. The highest BCUT2D eigenvalue weighted by Crippen LogP contribution is 2.44. The zero-order chi connectivity index (χ0) is 26.0. The third kappa shape index (κ3) is 5.27. The van der Waals surface area contributed by atoms with E-state index < -0.39 is 53.9 Å². The maximum Gasteiger partial charge on any atom is 0.308 e. The summed E-state index contributed by atoms with van der Waals surface area (Å²) in [6.07, 6.45) is -0.464. The number of ether oxygens (including phenoxy) is 2. The molecular weight excluding hydrogens is 552 g/mol. The van der Waals surface area contributed by atoms with Crippen LogP contribution in [-0.2, 0) is 14.3 Å². The minimum atomic E-state index is -0.926. The molecule has 1 heterocycles. The summed E-state index contributed by atoms with van der Waals surface area (Å²) < 4.78 is 9.80. The lowest BCUT2D eigenvalue weighted by Gasteiger charge is -2.13. The molecule has 3 amide bonds. The van der Waals surface area contributed by atoms with Crippen molar-refractivity contribution in [3.05, 3.63) is 59.5 Å². The van der Waals surface area contributed by atoms with Crippen LogP contribution in [0.1, 0.15) is 27.1 Å². The molecule has 0 fully saturated rings. The number of nitrogens with zero attached hydrogens (tertiary/aromatic N) is 2. The molecule has 2 aromatic rings. The first-order valence-electron chi connectivity index (χ1n) is 9.47. The van der Waals surface area contributed by atoms with Gasteiger partial charge in [0, 0.05) is 18.7 Å². The number of nitrogens with one attached hydrogen (secondary N) is 1. The molecule has 15 heteroatoms. The van der Waals surface area contributed by atoms with Crippen LogP contribution in [0, 0.1) is 10.1 Å². The number of esters is 1. The standard InChI is InChI=1S/C20H13Cl4N3O8/c1-34-8-2-3-10(27(32)33)9(6-8)25-11(28)7-35-12(29)4-5-26-19(30)13-14(20(26)31)16(22)18(24)17(23)15(13)21/h2-3,6H,4-5,7H2,1H3,(H,25,28). The summed E-state index contributed by atoms with van der Waals surface area (Å²) in [6, 6.07) is 3.71. The van der Waals surface area contributed by atoms with Crippen LogP contribution in [0.15, 0.2) is 18.2 Å². The Morgan fingerprint density at radius 3 is 2.11 bits per heavy atom. The van der Waals surface area contributed by atoms with Gasteiger partial charge in [-0.15, -0.1) is 0 Å². The number of anilines is 1. The van der Waals surface area contributed by atoms with Gasteiger partial charge in [-0.2, -0.15) is 0 Å². The molecule has 184 valence electrons. The molecule has 0 spiro atoms. The lowest BCUT2D eigenvalue weighted by atomic mass is 10.1. The highest BCUT2D eigenvalue weighted by Gasteiger charge is 2.41. The molecule has 0 saturated carbocycles. The number of nitro benzene ring substituents is 1. The Bertz CT molecular complexity index is 1240. The van der Waals surface area contributed by atoms with Gasteiger partial charge in [-0.05, 0) is 6.07 Å². The molecule has 0 bridgehead atoms. The lowest BCUT2D eigenvalue weighted by molar-refractivity contribution is -0.383. The maximum absolute atomic E-state index is 12.6. The van der Waals surface area contributed by atoms with Crippen molar-refractivity contribution >= 4 is 81.5 Å². The predicted octanol–water partition coefficient (Wildman–Crippen LogP) is 4.39. The van der Waals surface area contributed by atoms with Gasteiger partial charge >= 0.3 is 5.97 Å². The summed E-state index contributed by atoms with van der Waals surface area (Å²) in [5, 5.41) is 12.5. The Kier molecular flexibility index (Phi) is 8.06. The molecule has 1 aliphatic heterocycles. The van der Waals surface area contributed by atoms with Crippen LogP contribution in [-0.4, -0.2) is 53.8 Å². The van der Waals surface area contributed by atoms with Gasteiger partial charge < -0.3 is 14.8 Å². The lowest BCUT2D eigenvalue weighted by Crippen LogP contribution is -2.32. The number of nitro groups is 1. The number of rotatable bonds is 8. The van der Waals surface area contributed by atoms with Crippen molar-refractivity contribution in [2.45, 2.75) is 6.42 Å². The molecule has 0 radical (unpaired) electrons. The number of hydrogen-bond donors (Lipinski definition) is 1. The zero-order valence-electron chi connectivity index (χ0n) is 17.5. The molecular formula is C20H13Cl4N3O8. The van der Waals surface area contributed by atoms with E-state index in [0.717, 1.165) is 11.0 Å². The monoisotopic (exact) mass is 563 g/mol. The highest BCUT2D eigenvalue weighted by molar-refractivity contribution is 6.55. The largest absolute Gasteiger partial charge is 0.497 e. The van der Waals surface area contributed by atoms with Crippen LogP contribution >= 0.6 is 46.4 Å².